The second-order valence-electron chi connectivity index (χ2n) is 5.05. The summed E-state index contributed by atoms with van der Waals surface area (Å²) in [6, 6.07) is -0.229. The topological polar surface area (TPSA) is 42.0 Å². The number of nitrogens with one attached hydrogen (secondary N) is 1. The first-order chi connectivity index (χ1) is 8.28. The SMILES string of the molecule is Cc1sc(NC2CC(F)(F)C2)nc1C(=O)C(C)C. The zero-order chi connectivity index (χ0) is 13.5. The molecule has 1 aliphatic carbocycles. The summed E-state index contributed by atoms with van der Waals surface area (Å²) in [6.45, 7) is 5.47. The van der Waals surface area contributed by atoms with Gasteiger partial charge in [0.2, 0.25) is 0 Å². The van der Waals surface area contributed by atoms with Gasteiger partial charge in [0.15, 0.2) is 10.9 Å². The number of rotatable bonds is 4. The first kappa shape index (κ1) is 13.4. The van der Waals surface area contributed by atoms with E-state index in [1.165, 1.54) is 11.3 Å². The zero-order valence-corrected chi connectivity index (χ0v) is 11.4. The molecule has 1 aromatic heterocycles. The molecule has 2 rings (SSSR count). The molecule has 0 amide bonds. The number of hydrogen-bond donors (Lipinski definition) is 1. The van der Waals surface area contributed by atoms with Gasteiger partial charge in [0.1, 0.15) is 5.69 Å². The van der Waals surface area contributed by atoms with Crippen LogP contribution in [0.1, 0.15) is 42.1 Å². The van der Waals surface area contributed by atoms with Crippen LogP contribution in [0.5, 0.6) is 0 Å². The minimum atomic E-state index is -2.54. The lowest BCUT2D eigenvalue weighted by Gasteiger charge is -2.35. The molecule has 0 unspecified atom stereocenters. The monoisotopic (exact) mass is 274 g/mol. The molecule has 0 bridgehead atoms. The third-order valence-electron chi connectivity index (χ3n) is 2.97. The van der Waals surface area contributed by atoms with Gasteiger partial charge in [-0.1, -0.05) is 13.8 Å². The summed E-state index contributed by atoms with van der Waals surface area (Å²) < 4.78 is 25.4. The van der Waals surface area contributed by atoms with E-state index in [1.807, 2.05) is 20.8 Å². The molecule has 0 radical (unpaired) electrons. The second-order valence-corrected chi connectivity index (χ2v) is 6.25. The van der Waals surface area contributed by atoms with Crippen LogP contribution in [-0.2, 0) is 0 Å². The first-order valence-corrected chi connectivity index (χ1v) is 6.76. The normalized spacial score (nSPS) is 18.8. The summed E-state index contributed by atoms with van der Waals surface area (Å²) in [5.41, 5.74) is 0.462. The predicted molar refractivity (Wildman–Crippen MR) is 67.6 cm³/mol. The van der Waals surface area contributed by atoms with Gasteiger partial charge in [-0.3, -0.25) is 4.79 Å². The van der Waals surface area contributed by atoms with Gasteiger partial charge < -0.3 is 5.32 Å². The van der Waals surface area contributed by atoms with Crippen molar-refractivity contribution in [1.82, 2.24) is 4.98 Å². The Morgan fingerprint density at radius 1 is 1.50 bits per heavy atom. The molecule has 1 N–H and O–H groups in total. The summed E-state index contributed by atoms with van der Waals surface area (Å²) >= 11 is 1.35. The van der Waals surface area contributed by atoms with E-state index in [0.29, 0.717) is 10.8 Å². The van der Waals surface area contributed by atoms with Gasteiger partial charge in [-0.2, -0.15) is 0 Å². The van der Waals surface area contributed by atoms with Crippen molar-refractivity contribution in [3.63, 3.8) is 0 Å². The fourth-order valence-corrected chi connectivity index (χ4v) is 2.79. The summed E-state index contributed by atoms with van der Waals surface area (Å²) in [5.74, 6) is -2.65. The molecule has 1 heterocycles. The second kappa shape index (κ2) is 4.57. The molecule has 18 heavy (non-hydrogen) atoms. The molecule has 0 aromatic carbocycles. The largest absolute Gasteiger partial charge is 0.358 e. The van der Waals surface area contributed by atoms with Crippen LogP contribution in [0.15, 0.2) is 0 Å². The van der Waals surface area contributed by atoms with Gasteiger partial charge in [-0.15, -0.1) is 11.3 Å². The van der Waals surface area contributed by atoms with Crippen molar-refractivity contribution in [2.75, 3.05) is 5.32 Å². The van der Waals surface area contributed by atoms with Crippen LogP contribution in [0.4, 0.5) is 13.9 Å². The van der Waals surface area contributed by atoms with E-state index in [0.717, 1.165) is 4.88 Å². The van der Waals surface area contributed by atoms with E-state index in [-0.39, 0.29) is 30.6 Å². The smallest absolute Gasteiger partial charge is 0.252 e. The average molecular weight is 274 g/mol. The van der Waals surface area contributed by atoms with Crippen molar-refractivity contribution in [2.45, 2.75) is 45.6 Å². The fourth-order valence-electron chi connectivity index (χ4n) is 1.90. The maximum absolute atomic E-state index is 12.7. The number of alkyl halides is 2. The fraction of sp³-hybridized carbons (Fsp3) is 0.667. The number of carbonyl (C=O) groups is 1. The van der Waals surface area contributed by atoms with E-state index >= 15 is 0 Å². The number of ketones is 1. The number of aromatic nitrogens is 1. The third kappa shape index (κ3) is 2.68. The minimum Gasteiger partial charge on any atom is -0.358 e. The van der Waals surface area contributed by atoms with Crippen LogP contribution in [-0.4, -0.2) is 22.7 Å². The summed E-state index contributed by atoms with van der Waals surface area (Å²) in [7, 11) is 0. The number of halogens is 2. The summed E-state index contributed by atoms with van der Waals surface area (Å²) in [5, 5.41) is 3.53. The maximum atomic E-state index is 12.7. The first-order valence-electron chi connectivity index (χ1n) is 5.94. The lowest BCUT2D eigenvalue weighted by molar-refractivity contribution is -0.0793. The molecule has 0 aliphatic heterocycles. The number of thiazole rings is 1. The Bertz CT molecular complexity index is 463. The maximum Gasteiger partial charge on any atom is 0.252 e. The van der Waals surface area contributed by atoms with Gasteiger partial charge in [-0.05, 0) is 6.92 Å². The molecular formula is C12H16F2N2OS. The van der Waals surface area contributed by atoms with Crippen molar-refractivity contribution >= 4 is 22.3 Å². The Kier molecular flexibility index (Phi) is 3.40. The Hall–Kier alpha value is -1.04. The van der Waals surface area contributed by atoms with E-state index in [2.05, 4.69) is 10.3 Å². The molecule has 1 aromatic rings. The Labute approximate surface area is 109 Å². The van der Waals surface area contributed by atoms with Gasteiger partial charge in [-0.25, -0.2) is 13.8 Å². The molecule has 0 spiro atoms. The van der Waals surface area contributed by atoms with Crippen LogP contribution in [0, 0.1) is 12.8 Å². The molecule has 6 heteroatoms. The Morgan fingerprint density at radius 2 is 2.11 bits per heavy atom. The van der Waals surface area contributed by atoms with Gasteiger partial charge in [0.05, 0.1) is 0 Å². The molecule has 100 valence electrons. The Balaban J connectivity index is 2.03. The highest BCUT2D eigenvalue weighted by molar-refractivity contribution is 7.15. The summed E-state index contributed by atoms with van der Waals surface area (Å²) in [4.78, 5) is 16.9. The highest BCUT2D eigenvalue weighted by atomic mass is 32.1. The average Bonchev–Trinajstić information content (AvgIpc) is 2.55. The molecule has 1 aliphatic rings. The van der Waals surface area contributed by atoms with Crippen molar-refractivity contribution in [1.29, 1.82) is 0 Å². The van der Waals surface area contributed by atoms with Crippen LogP contribution in [0.2, 0.25) is 0 Å². The van der Waals surface area contributed by atoms with Crippen molar-refractivity contribution in [3.8, 4) is 0 Å². The van der Waals surface area contributed by atoms with Crippen molar-refractivity contribution in [3.05, 3.63) is 10.6 Å². The van der Waals surface area contributed by atoms with E-state index < -0.39 is 5.92 Å². The number of anilines is 1. The number of nitrogens with zero attached hydrogens (tertiary/aromatic N) is 1. The molecule has 3 nitrogen and oxygen atoms in total. The lowest BCUT2D eigenvalue weighted by atomic mass is 9.88. The number of aryl methyl sites for hydroxylation is 1. The number of hydrogen-bond acceptors (Lipinski definition) is 4. The van der Waals surface area contributed by atoms with Gasteiger partial charge in [0.25, 0.3) is 5.92 Å². The molecule has 0 atom stereocenters. The van der Waals surface area contributed by atoms with Crippen LogP contribution in [0.3, 0.4) is 0 Å². The van der Waals surface area contributed by atoms with Crippen molar-refractivity contribution < 1.29 is 13.6 Å². The highest BCUT2D eigenvalue weighted by Gasteiger charge is 2.45. The molecule has 1 fully saturated rings. The van der Waals surface area contributed by atoms with Crippen LogP contribution in [0.25, 0.3) is 0 Å². The quantitative estimate of drug-likeness (QED) is 0.854. The minimum absolute atomic E-state index is 0.00395. The van der Waals surface area contributed by atoms with E-state index in [4.69, 9.17) is 0 Å². The molecule has 0 saturated heterocycles. The van der Waals surface area contributed by atoms with E-state index in [1.54, 1.807) is 0 Å². The number of carbonyl (C=O) groups excluding carboxylic acids is 1. The van der Waals surface area contributed by atoms with Crippen molar-refractivity contribution in [2.24, 2.45) is 5.92 Å². The zero-order valence-electron chi connectivity index (χ0n) is 10.6. The predicted octanol–water partition coefficient (Wildman–Crippen LogP) is 3.50. The lowest BCUT2D eigenvalue weighted by Crippen LogP contribution is -2.44. The highest BCUT2D eigenvalue weighted by Crippen LogP contribution is 2.39. The number of Topliss-reactive ketones (excluding diaryl/α,β-unsaturated/α-hetero) is 1. The van der Waals surface area contributed by atoms with Gasteiger partial charge >= 0.3 is 0 Å². The van der Waals surface area contributed by atoms with Crippen LogP contribution < -0.4 is 5.32 Å². The van der Waals surface area contributed by atoms with Crippen LogP contribution >= 0.6 is 11.3 Å². The molecular weight excluding hydrogens is 258 g/mol. The standard InChI is InChI=1S/C12H16F2N2OS/c1-6(2)10(17)9-7(3)18-11(16-9)15-8-4-12(13,14)5-8/h6,8H,4-5H2,1-3H3,(H,15,16). The third-order valence-corrected chi connectivity index (χ3v) is 3.87. The summed E-state index contributed by atoms with van der Waals surface area (Å²) in [6.07, 6.45) is -0.307. The van der Waals surface area contributed by atoms with E-state index in [9.17, 15) is 13.6 Å². The molecule has 1 saturated carbocycles. The van der Waals surface area contributed by atoms with Gasteiger partial charge in [0, 0.05) is 29.7 Å². The Morgan fingerprint density at radius 3 is 2.61 bits per heavy atom.